The summed E-state index contributed by atoms with van der Waals surface area (Å²) in [7, 11) is 0. The molecule has 2 aromatic carbocycles. The predicted octanol–water partition coefficient (Wildman–Crippen LogP) is 3.30. The van der Waals surface area contributed by atoms with Gasteiger partial charge in [0.05, 0.1) is 0 Å². The third-order valence-corrected chi connectivity index (χ3v) is 2.59. The fourth-order valence-electron chi connectivity index (χ4n) is 1.67. The van der Waals surface area contributed by atoms with Crippen molar-refractivity contribution in [3.63, 3.8) is 0 Å². The summed E-state index contributed by atoms with van der Waals surface area (Å²) in [5, 5.41) is 6.98. The summed E-state index contributed by atoms with van der Waals surface area (Å²) in [6.07, 6.45) is 2.78. The average molecular weight is 222 g/mol. The van der Waals surface area contributed by atoms with E-state index in [4.69, 9.17) is 11.1 Å². The zero-order chi connectivity index (χ0) is 12.1. The van der Waals surface area contributed by atoms with Gasteiger partial charge in [0, 0.05) is 11.9 Å². The van der Waals surface area contributed by atoms with Crippen molar-refractivity contribution in [2.75, 3.05) is 0 Å². The van der Waals surface area contributed by atoms with Crippen LogP contribution >= 0.6 is 0 Å². The smallest absolute Gasteiger partial charge is 0.0402 e. The van der Waals surface area contributed by atoms with Crippen molar-refractivity contribution in [1.29, 1.82) is 5.41 Å². The SMILES string of the molecule is N=C/C=C(\N)c1ccc(-c2ccccc2)cc1. The van der Waals surface area contributed by atoms with Crippen LogP contribution < -0.4 is 5.73 Å². The third kappa shape index (κ3) is 2.61. The molecule has 2 nitrogen and oxygen atoms in total. The molecule has 0 spiro atoms. The highest BCUT2D eigenvalue weighted by molar-refractivity contribution is 5.82. The van der Waals surface area contributed by atoms with Gasteiger partial charge in [0.15, 0.2) is 0 Å². The number of nitrogens with two attached hydrogens (primary N) is 1. The highest BCUT2D eigenvalue weighted by atomic mass is 14.6. The minimum absolute atomic E-state index is 0.611. The molecule has 0 amide bonds. The van der Waals surface area contributed by atoms with Crippen molar-refractivity contribution < 1.29 is 0 Å². The number of hydrogen-bond acceptors (Lipinski definition) is 2. The van der Waals surface area contributed by atoms with Gasteiger partial charge in [-0.1, -0.05) is 54.6 Å². The van der Waals surface area contributed by atoms with E-state index in [-0.39, 0.29) is 0 Å². The fourth-order valence-corrected chi connectivity index (χ4v) is 1.67. The summed E-state index contributed by atoms with van der Waals surface area (Å²) < 4.78 is 0. The number of rotatable bonds is 3. The van der Waals surface area contributed by atoms with Gasteiger partial charge in [-0.25, -0.2) is 0 Å². The molecular weight excluding hydrogens is 208 g/mol. The molecule has 84 valence electrons. The van der Waals surface area contributed by atoms with E-state index in [1.807, 2.05) is 42.5 Å². The molecule has 0 aliphatic carbocycles. The van der Waals surface area contributed by atoms with Crippen LogP contribution in [-0.2, 0) is 0 Å². The molecule has 0 saturated carbocycles. The molecule has 17 heavy (non-hydrogen) atoms. The van der Waals surface area contributed by atoms with E-state index in [2.05, 4.69) is 12.1 Å². The number of nitrogens with one attached hydrogen (secondary N) is 1. The molecule has 0 radical (unpaired) electrons. The summed E-state index contributed by atoms with van der Waals surface area (Å²) in [6, 6.07) is 18.2. The van der Waals surface area contributed by atoms with Crippen molar-refractivity contribution in [1.82, 2.24) is 0 Å². The Morgan fingerprint density at radius 2 is 1.47 bits per heavy atom. The van der Waals surface area contributed by atoms with Crippen LogP contribution in [0, 0.1) is 5.41 Å². The van der Waals surface area contributed by atoms with E-state index in [0.717, 1.165) is 11.1 Å². The van der Waals surface area contributed by atoms with Crippen molar-refractivity contribution in [2.45, 2.75) is 0 Å². The summed E-state index contributed by atoms with van der Waals surface area (Å²) in [5.74, 6) is 0. The molecule has 2 heteroatoms. The summed E-state index contributed by atoms with van der Waals surface area (Å²) in [6.45, 7) is 0. The number of hydrogen-bond donors (Lipinski definition) is 2. The summed E-state index contributed by atoms with van der Waals surface area (Å²) in [5.41, 5.74) is 9.71. The van der Waals surface area contributed by atoms with Crippen molar-refractivity contribution in [3.8, 4) is 11.1 Å². The Hall–Kier alpha value is -2.35. The molecule has 0 bridgehead atoms. The highest BCUT2D eigenvalue weighted by Crippen LogP contribution is 2.20. The first-order valence-corrected chi connectivity index (χ1v) is 5.43. The maximum atomic E-state index is 6.98. The molecule has 0 atom stereocenters. The van der Waals surface area contributed by atoms with Crippen molar-refractivity contribution >= 4 is 11.9 Å². The van der Waals surface area contributed by atoms with Crippen LogP contribution in [0.2, 0.25) is 0 Å². The lowest BCUT2D eigenvalue weighted by atomic mass is 10.0. The first kappa shape index (κ1) is 11.1. The van der Waals surface area contributed by atoms with E-state index >= 15 is 0 Å². The quantitative estimate of drug-likeness (QED) is 0.769. The lowest BCUT2D eigenvalue weighted by molar-refractivity contribution is 1.51. The van der Waals surface area contributed by atoms with Gasteiger partial charge < -0.3 is 11.1 Å². The maximum Gasteiger partial charge on any atom is 0.0402 e. The van der Waals surface area contributed by atoms with Crippen molar-refractivity contribution in [2.24, 2.45) is 5.73 Å². The predicted molar refractivity (Wildman–Crippen MR) is 72.8 cm³/mol. The Morgan fingerprint density at radius 3 is 2.06 bits per heavy atom. The lowest BCUT2D eigenvalue weighted by Crippen LogP contribution is -1.96. The second-order valence-electron chi connectivity index (χ2n) is 3.73. The molecule has 0 fully saturated rings. The molecule has 0 aliphatic heterocycles. The van der Waals surface area contributed by atoms with Gasteiger partial charge in [0.1, 0.15) is 0 Å². The lowest BCUT2D eigenvalue weighted by Gasteiger charge is -2.04. The Labute approximate surface area is 101 Å². The van der Waals surface area contributed by atoms with Gasteiger partial charge in [0.25, 0.3) is 0 Å². The number of benzene rings is 2. The summed E-state index contributed by atoms with van der Waals surface area (Å²) in [4.78, 5) is 0. The Balaban J connectivity index is 2.31. The molecule has 0 unspecified atom stereocenters. The molecule has 0 saturated heterocycles. The molecule has 0 heterocycles. The van der Waals surface area contributed by atoms with Crippen LogP contribution in [0.4, 0.5) is 0 Å². The van der Waals surface area contributed by atoms with Gasteiger partial charge in [0.2, 0.25) is 0 Å². The Bertz CT molecular complexity index is 525. The second kappa shape index (κ2) is 5.12. The zero-order valence-electron chi connectivity index (χ0n) is 9.43. The Kier molecular flexibility index (Phi) is 3.36. The van der Waals surface area contributed by atoms with Crippen LogP contribution in [0.25, 0.3) is 16.8 Å². The van der Waals surface area contributed by atoms with Crippen LogP contribution in [0.1, 0.15) is 5.56 Å². The molecule has 2 aromatic rings. The summed E-state index contributed by atoms with van der Waals surface area (Å²) >= 11 is 0. The largest absolute Gasteiger partial charge is 0.398 e. The van der Waals surface area contributed by atoms with E-state index in [1.54, 1.807) is 6.08 Å². The van der Waals surface area contributed by atoms with Gasteiger partial charge in [-0.2, -0.15) is 0 Å². The molecule has 3 N–H and O–H groups in total. The minimum atomic E-state index is 0.611. The van der Waals surface area contributed by atoms with Crippen LogP contribution in [0.5, 0.6) is 0 Å². The van der Waals surface area contributed by atoms with Crippen LogP contribution in [0.15, 0.2) is 60.7 Å². The zero-order valence-corrected chi connectivity index (χ0v) is 9.43. The maximum absolute atomic E-state index is 6.98. The normalized spacial score (nSPS) is 11.2. The van der Waals surface area contributed by atoms with Gasteiger partial charge in [-0.3, -0.25) is 0 Å². The van der Waals surface area contributed by atoms with E-state index in [0.29, 0.717) is 5.70 Å². The Morgan fingerprint density at radius 1 is 0.882 bits per heavy atom. The van der Waals surface area contributed by atoms with Gasteiger partial charge in [-0.15, -0.1) is 0 Å². The topological polar surface area (TPSA) is 49.9 Å². The van der Waals surface area contributed by atoms with Crippen molar-refractivity contribution in [3.05, 3.63) is 66.2 Å². The number of allylic oxidation sites excluding steroid dienone is 1. The minimum Gasteiger partial charge on any atom is -0.398 e. The van der Waals surface area contributed by atoms with Crippen LogP contribution in [0.3, 0.4) is 0 Å². The average Bonchev–Trinajstić information content (AvgIpc) is 2.40. The molecule has 0 aromatic heterocycles. The second-order valence-corrected chi connectivity index (χ2v) is 3.73. The fraction of sp³-hybridized carbons (Fsp3) is 0. The van der Waals surface area contributed by atoms with E-state index < -0.39 is 0 Å². The van der Waals surface area contributed by atoms with E-state index in [9.17, 15) is 0 Å². The third-order valence-electron chi connectivity index (χ3n) is 2.59. The van der Waals surface area contributed by atoms with Crippen LogP contribution in [-0.4, -0.2) is 6.21 Å². The first-order valence-electron chi connectivity index (χ1n) is 5.43. The van der Waals surface area contributed by atoms with E-state index in [1.165, 1.54) is 11.8 Å². The van der Waals surface area contributed by atoms with Gasteiger partial charge >= 0.3 is 0 Å². The molecule has 0 aliphatic rings. The highest BCUT2D eigenvalue weighted by Gasteiger charge is 1.98. The molecular formula is C15H14N2. The molecule has 2 rings (SSSR count). The first-order chi connectivity index (χ1) is 8.31. The standard InChI is InChI=1S/C15H14N2/c16-11-10-15(17)14-8-6-13(7-9-14)12-4-2-1-3-5-12/h1-11,16H,17H2/b15-10-,16-11?. The monoisotopic (exact) mass is 222 g/mol. The van der Waals surface area contributed by atoms with Gasteiger partial charge in [-0.05, 0) is 22.8 Å².